The van der Waals surface area contributed by atoms with E-state index in [1.54, 1.807) is 6.07 Å². The monoisotopic (exact) mass is 178 g/mol. The molecule has 0 aromatic heterocycles. The fraction of sp³-hybridized carbons (Fsp3) is 0.200. The predicted molar refractivity (Wildman–Crippen MR) is 47.1 cm³/mol. The Morgan fingerprint density at radius 3 is 3.00 bits per heavy atom. The molecule has 0 bridgehead atoms. The van der Waals surface area contributed by atoms with Crippen LogP contribution < -0.4 is 4.89 Å². The van der Waals surface area contributed by atoms with Gasteiger partial charge in [0.05, 0.1) is 0 Å². The maximum absolute atomic E-state index is 9.48. The molecule has 1 N–H and O–H groups in total. The van der Waals surface area contributed by atoms with E-state index < -0.39 is 12.2 Å². The second-order valence-electron chi connectivity index (χ2n) is 2.86. The van der Waals surface area contributed by atoms with Crippen LogP contribution in [-0.2, 0) is 4.89 Å². The van der Waals surface area contributed by atoms with Crippen molar-refractivity contribution in [3.8, 4) is 5.75 Å². The maximum Gasteiger partial charge on any atom is 0.171 e. The van der Waals surface area contributed by atoms with Gasteiger partial charge in [-0.1, -0.05) is 24.3 Å². The Morgan fingerprint density at radius 2 is 2.23 bits per heavy atom. The van der Waals surface area contributed by atoms with Crippen LogP contribution in [0.3, 0.4) is 0 Å². The Bertz CT molecular complexity index is 322. The van der Waals surface area contributed by atoms with Crippen LogP contribution in [0, 0.1) is 0 Å². The molecule has 1 aliphatic rings. The lowest BCUT2D eigenvalue weighted by atomic mass is 10.0. The van der Waals surface area contributed by atoms with Gasteiger partial charge >= 0.3 is 0 Å². The number of fused-ring (bicyclic) bond motifs is 1. The Kier molecular flexibility index (Phi) is 2.04. The quantitative estimate of drug-likeness (QED) is 0.552. The molecule has 0 amide bonds. The van der Waals surface area contributed by atoms with Crippen LogP contribution in [0.5, 0.6) is 5.75 Å². The zero-order valence-electron chi connectivity index (χ0n) is 7.01. The summed E-state index contributed by atoms with van der Waals surface area (Å²) in [6.07, 6.45) is 0.244. The number of aliphatic hydroxyl groups excluding tert-OH is 1. The zero-order valence-corrected chi connectivity index (χ0v) is 7.01. The van der Waals surface area contributed by atoms with Gasteiger partial charge < -0.3 is 9.99 Å². The lowest BCUT2D eigenvalue weighted by Crippen LogP contribution is -2.15. The fourth-order valence-electron chi connectivity index (χ4n) is 1.31. The standard InChI is InChI=1S/C10H10O3/c1-2-8(11)10-7-5-3-4-6-9(7)12-13-10/h2-6,8,10-11H,1H2. The number of hydrogen-bond donors (Lipinski definition) is 1. The highest BCUT2D eigenvalue weighted by atomic mass is 17.2. The van der Waals surface area contributed by atoms with E-state index in [9.17, 15) is 5.11 Å². The number of aliphatic hydroxyl groups is 1. The van der Waals surface area contributed by atoms with E-state index in [-0.39, 0.29) is 0 Å². The summed E-state index contributed by atoms with van der Waals surface area (Å²) in [5.74, 6) is 0.661. The lowest BCUT2D eigenvalue weighted by Gasteiger charge is -2.10. The summed E-state index contributed by atoms with van der Waals surface area (Å²) in [6, 6.07) is 7.38. The van der Waals surface area contributed by atoms with E-state index in [0.29, 0.717) is 5.75 Å². The van der Waals surface area contributed by atoms with E-state index in [4.69, 9.17) is 9.78 Å². The molecular weight excluding hydrogens is 168 g/mol. The molecule has 0 saturated heterocycles. The first-order valence-corrected chi connectivity index (χ1v) is 4.06. The minimum atomic E-state index is -0.733. The van der Waals surface area contributed by atoms with E-state index in [1.165, 1.54) is 6.08 Å². The van der Waals surface area contributed by atoms with Crippen molar-refractivity contribution in [2.45, 2.75) is 12.2 Å². The van der Waals surface area contributed by atoms with Crippen molar-refractivity contribution < 1.29 is 14.9 Å². The molecule has 0 aliphatic carbocycles. The molecule has 3 heteroatoms. The third-order valence-electron chi connectivity index (χ3n) is 2.02. The molecule has 2 rings (SSSR count). The van der Waals surface area contributed by atoms with Gasteiger partial charge in [-0.3, -0.25) is 0 Å². The van der Waals surface area contributed by atoms with Gasteiger partial charge in [0.1, 0.15) is 6.10 Å². The van der Waals surface area contributed by atoms with Crippen molar-refractivity contribution in [1.29, 1.82) is 0 Å². The van der Waals surface area contributed by atoms with Gasteiger partial charge in [-0.05, 0) is 6.07 Å². The summed E-state index contributed by atoms with van der Waals surface area (Å²) in [5.41, 5.74) is 0.856. The molecule has 0 spiro atoms. The minimum absolute atomic E-state index is 0.450. The van der Waals surface area contributed by atoms with E-state index >= 15 is 0 Å². The summed E-state index contributed by atoms with van der Waals surface area (Å²) >= 11 is 0. The molecule has 3 nitrogen and oxygen atoms in total. The van der Waals surface area contributed by atoms with Gasteiger partial charge in [0.15, 0.2) is 11.9 Å². The molecule has 2 atom stereocenters. The van der Waals surface area contributed by atoms with Crippen molar-refractivity contribution in [2.75, 3.05) is 0 Å². The van der Waals surface area contributed by atoms with E-state index in [2.05, 4.69) is 6.58 Å². The second kappa shape index (κ2) is 3.20. The predicted octanol–water partition coefficient (Wildman–Crippen LogP) is 1.60. The Hall–Kier alpha value is -1.32. The lowest BCUT2D eigenvalue weighted by molar-refractivity contribution is -0.240. The number of hydrogen-bond acceptors (Lipinski definition) is 3. The van der Waals surface area contributed by atoms with Crippen LogP contribution >= 0.6 is 0 Å². The summed E-state index contributed by atoms with van der Waals surface area (Å²) < 4.78 is 0. The second-order valence-corrected chi connectivity index (χ2v) is 2.86. The molecule has 1 aromatic rings. The highest BCUT2D eigenvalue weighted by Gasteiger charge is 2.30. The Morgan fingerprint density at radius 1 is 1.46 bits per heavy atom. The average Bonchev–Trinajstić information content (AvgIpc) is 2.60. The molecule has 1 aromatic carbocycles. The molecule has 0 fully saturated rings. The summed E-state index contributed by atoms with van der Waals surface area (Å²) in [7, 11) is 0. The molecule has 2 unspecified atom stereocenters. The molecule has 0 radical (unpaired) electrons. The van der Waals surface area contributed by atoms with Crippen molar-refractivity contribution >= 4 is 0 Å². The Balaban J connectivity index is 2.33. The van der Waals surface area contributed by atoms with Crippen LogP contribution in [0.15, 0.2) is 36.9 Å². The van der Waals surface area contributed by atoms with Crippen molar-refractivity contribution in [3.05, 3.63) is 42.5 Å². The normalized spacial score (nSPS) is 21.8. The van der Waals surface area contributed by atoms with E-state index in [1.807, 2.05) is 18.2 Å². The van der Waals surface area contributed by atoms with Crippen molar-refractivity contribution in [3.63, 3.8) is 0 Å². The topological polar surface area (TPSA) is 38.7 Å². The SMILES string of the molecule is C=CC(O)C1OOc2ccccc21. The van der Waals surface area contributed by atoms with Crippen LogP contribution in [0.25, 0.3) is 0 Å². The zero-order chi connectivity index (χ0) is 9.26. The van der Waals surface area contributed by atoms with Crippen LogP contribution in [0.4, 0.5) is 0 Å². The number of rotatable bonds is 2. The molecule has 68 valence electrons. The van der Waals surface area contributed by atoms with E-state index in [0.717, 1.165) is 5.56 Å². The smallest absolute Gasteiger partial charge is 0.171 e. The highest BCUT2D eigenvalue weighted by Crippen LogP contribution is 2.36. The van der Waals surface area contributed by atoms with Gasteiger partial charge in [0, 0.05) is 5.56 Å². The van der Waals surface area contributed by atoms with Crippen molar-refractivity contribution in [2.24, 2.45) is 0 Å². The molecule has 13 heavy (non-hydrogen) atoms. The van der Waals surface area contributed by atoms with Gasteiger partial charge in [-0.2, -0.15) is 4.89 Å². The third kappa shape index (κ3) is 1.32. The van der Waals surface area contributed by atoms with Crippen molar-refractivity contribution in [1.82, 2.24) is 0 Å². The first kappa shape index (κ1) is 8.29. The summed E-state index contributed by atoms with van der Waals surface area (Å²) in [6.45, 7) is 3.49. The Labute approximate surface area is 76.1 Å². The molecule has 1 heterocycles. The molecule has 0 saturated carbocycles. The number of para-hydroxylation sites is 1. The summed E-state index contributed by atoms with van der Waals surface area (Å²) in [5, 5.41) is 9.48. The van der Waals surface area contributed by atoms with Gasteiger partial charge in [-0.25, -0.2) is 0 Å². The molecule has 1 aliphatic heterocycles. The number of benzene rings is 1. The minimum Gasteiger partial charge on any atom is -0.386 e. The largest absolute Gasteiger partial charge is 0.386 e. The maximum atomic E-state index is 9.48. The van der Waals surface area contributed by atoms with Crippen LogP contribution in [0.1, 0.15) is 11.7 Å². The first-order valence-electron chi connectivity index (χ1n) is 4.06. The van der Waals surface area contributed by atoms with Gasteiger partial charge in [0.2, 0.25) is 0 Å². The highest BCUT2D eigenvalue weighted by molar-refractivity contribution is 5.37. The van der Waals surface area contributed by atoms with Gasteiger partial charge in [-0.15, -0.1) is 6.58 Å². The van der Waals surface area contributed by atoms with Crippen LogP contribution in [-0.4, -0.2) is 11.2 Å². The molecular formula is C10H10O3. The summed E-state index contributed by atoms with van der Waals surface area (Å²) in [4.78, 5) is 9.88. The fourth-order valence-corrected chi connectivity index (χ4v) is 1.31. The van der Waals surface area contributed by atoms with Crippen LogP contribution in [0.2, 0.25) is 0 Å². The first-order chi connectivity index (χ1) is 6.33. The van der Waals surface area contributed by atoms with Gasteiger partial charge in [0.25, 0.3) is 0 Å². The average molecular weight is 178 g/mol. The third-order valence-corrected chi connectivity index (χ3v) is 2.02.